The molecule has 4 amide bonds. The molecule has 4 aromatic rings. The first-order valence-electron chi connectivity index (χ1n) is 21.2. The monoisotopic (exact) mass is 744 g/mol. The lowest BCUT2D eigenvalue weighted by Crippen LogP contribution is -2.51. The van der Waals surface area contributed by atoms with E-state index in [9.17, 15) is 19.2 Å². The van der Waals surface area contributed by atoms with Gasteiger partial charge in [-0.05, 0) is 59.8 Å². The summed E-state index contributed by atoms with van der Waals surface area (Å²) in [5.74, 6) is -0.0878. The highest BCUT2D eigenvalue weighted by Crippen LogP contribution is 2.35. The zero-order valence-corrected chi connectivity index (χ0v) is 30.7. The number of alkyl carbamates (subject to hydrolysis) is 2. The number of amides is 4. The van der Waals surface area contributed by atoms with Crippen molar-refractivity contribution in [3.8, 4) is 33.6 Å². The molecule has 2 aromatic carbocycles. The number of rotatable bonds is 11. The van der Waals surface area contributed by atoms with Crippen LogP contribution in [0.15, 0.2) is 60.9 Å². The predicted octanol–water partition coefficient (Wildman–Crippen LogP) is 6.22. The number of hydrogen-bond donors (Lipinski definition) is 4. The molecule has 2 aromatic heterocycles. The maximum atomic E-state index is 13.6. The Bertz CT molecular complexity index is 2000. The van der Waals surface area contributed by atoms with E-state index >= 15 is 0 Å². The minimum atomic E-state index is -2.93. The molecule has 4 N–H and O–H groups in total. The highest BCUT2D eigenvalue weighted by Gasteiger charge is 2.39. The highest BCUT2D eigenvalue weighted by atomic mass is 16.5. The third kappa shape index (κ3) is 8.12. The fourth-order valence-corrected chi connectivity index (χ4v) is 7.32. The molecular weight excluding hydrogens is 688 g/mol. The van der Waals surface area contributed by atoms with Crippen LogP contribution in [0.2, 0.25) is 0 Å². The molecule has 54 heavy (non-hydrogen) atoms. The minimum Gasteiger partial charge on any atom is -0.453 e. The SMILES string of the molecule is [2H]C([2H])([2H])OC(=O)N[C@@H](C(=O)N1CCC[C@H]1c1ncc(-c2ccc(-c3ccc(-c4cnc([C@@H]5CCCN5C(=O)[C@H](NC(=O)OC([2H])([2H])[2H])C(C)C)[nH]4)cc3)cc2)[nH]1)C(C)C. The van der Waals surface area contributed by atoms with Crippen molar-refractivity contribution >= 4 is 24.0 Å². The van der Waals surface area contributed by atoms with Crippen molar-refractivity contribution in [3.63, 3.8) is 0 Å². The second-order valence-corrected chi connectivity index (χ2v) is 14.4. The zero-order chi connectivity index (χ0) is 43.5. The molecule has 2 aliphatic heterocycles. The first-order valence-corrected chi connectivity index (χ1v) is 18.2. The van der Waals surface area contributed by atoms with Crippen molar-refractivity contribution in [2.75, 3.05) is 27.2 Å². The van der Waals surface area contributed by atoms with Crippen LogP contribution in [0, 0.1) is 11.8 Å². The molecule has 6 rings (SSSR count). The molecule has 0 radical (unpaired) electrons. The molecule has 4 atom stereocenters. The number of carbonyl (C=O) groups excluding carboxylic acids is 4. The number of hydrogen-bond acceptors (Lipinski definition) is 8. The number of H-pyrrole nitrogens is 2. The number of methoxy groups -OCH3 is 2. The number of ether oxygens (including phenoxy) is 2. The van der Waals surface area contributed by atoms with Gasteiger partial charge in [0.25, 0.3) is 0 Å². The van der Waals surface area contributed by atoms with Crippen LogP contribution in [0.1, 0.15) is 85.3 Å². The molecule has 2 aliphatic rings. The van der Waals surface area contributed by atoms with Gasteiger partial charge in [0.05, 0.1) is 58.2 Å². The molecule has 0 saturated carbocycles. The molecule has 0 spiro atoms. The van der Waals surface area contributed by atoms with E-state index in [0.29, 0.717) is 37.6 Å². The fourth-order valence-electron chi connectivity index (χ4n) is 7.32. The molecule has 14 nitrogen and oxygen atoms in total. The summed E-state index contributed by atoms with van der Waals surface area (Å²) < 4.78 is 52.0. The van der Waals surface area contributed by atoms with E-state index in [1.807, 2.05) is 48.5 Å². The Labute approximate surface area is 323 Å². The number of nitrogens with one attached hydrogen (secondary N) is 4. The second-order valence-electron chi connectivity index (χ2n) is 14.4. The van der Waals surface area contributed by atoms with E-state index in [0.717, 1.165) is 46.5 Å². The number of aromatic amines is 2. The average molecular weight is 745 g/mol. The Morgan fingerprint density at radius 2 is 1.04 bits per heavy atom. The Morgan fingerprint density at radius 1 is 0.667 bits per heavy atom. The number of imidazole rings is 2. The Balaban J connectivity index is 1.09. The largest absolute Gasteiger partial charge is 0.453 e. The Kier molecular flexibility index (Phi) is 9.44. The lowest BCUT2D eigenvalue weighted by atomic mass is 10.0. The van der Waals surface area contributed by atoms with Crippen LogP contribution in [0.5, 0.6) is 0 Å². The van der Waals surface area contributed by atoms with E-state index in [-0.39, 0.29) is 35.7 Å². The molecule has 0 bridgehead atoms. The van der Waals surface area contributed by atoms with Gasteiger partial charge in [-0.2, -0.15) is 0 Å². The molecule has 14 heteroatoms. The van der Waals surface area contributed by atoms with Crippen LogP contribution < -0.4 is 10.6 Å². The topological polar surface area (TPSA) is 175 Å². The van der Waals surface area contributed by atoms with Crippen molar-refractivity contribution in [1.29, 1.82) is 0 Å². The van der Waals surface area contributed by atoms with Gasteiger partial charge in [0, 0.05) is 13.1 Å². The van der Waals surface area contributed by atoms with E-state index < -0.39 is 38.3 Å². The number of nitrogens with zero attached hydrogens (tertiary/aromatic N) is 4. The van der Waals surface area contributed by atoms with Gasteiger partial charge in [0.2, 0.25) is 11.8 Å². The van der Waals surface area contributed by atoms with E-state index in [2.05, 4.69) is 40.0 Å². The summed E-state index contributed by atoms with van der Waals surface area (Å²) in [6.07, 6.45) is 3.92. The van der Waals surface area contributed by atoms with Gasteiger partial charge in [-0.25, -0.2) is 19.6 Å². The fraction of sp³-hybridized carbons (Fsp3) is 0.450. The Hall–Kier alpha value is -5.66. The summed E-state index contributed by atoms with van der Waals surface area (Å²) >= 11 is 0. The third-order valence-corrected chi connectivity index (χ3v) is 10.2. The standard InChI is InChI=1S/C40H50N8O6/c1-23(2)33(45-39(51)53-5)37(49)47-19-7-9-31(47)35-41-21-29(43-35)27-15-11-25(12-16-27)26-13-17-28(18-14-26)30-22-42-36(44-30)32-10-8-20-48(32)38(50)34(24(3)4)46-40(52)54-6/h11-18,21-24,31-34H,7-10,19-20H2,1-6H3,(H,41,43)(H,42,44)(H,45,51)(H,46,52)/t31-,32-,33+,34+/m0/s1/i5D3,6D3. The van der Waals surface area contributed by atoms with Crippen molar-refractivity contribution in [3.05, 3.63) is 72.6 Å². The van der Waals surface area contributed by atoms with Gasteiger partial charge in [-0.1, -0.05) is 76.2 Å². The van der Waals surface area contributed by atoms with Crippen LogP contribution in [-0.4, -0.2) is 93.0 Å². The van der Waals surface area contributed by atoms with Gasteiger partial charge in [-0.15, -0.1) is 0 Å². The van der Waals surface area contributed by atoms with E-state index in [1.54, 1.807) is 49.9 Å². The van der Waals surface area contributed by atoms with Gasteiger partial charge in [0.1, 0.15) is 23.7 Å². The molecular formula is C40H50N8O6. The molecule has 0 unspecified atom stereocenters. The smallest absolute Gasteiger partial charge is 0.407 e. The molecule has 2 fully saturated rings. The quantitative estimate of drug-likeness (QED) is 0.140. The summed E-state index contributed by atoms with van der Waals surface area (Å²) in [6.45, 7) is 7.98. The van der Waals surface area contributed by atoms with Crippen molar-refractivity contribution in [1.82, 2.24) is 40.4 Å². The van der Waals surface area contributed by atoms with Crippen LogP contribution in [0.25, 0.3) is 33.6 Å². The third-order valence-electron chi connectivity index (χ3n) is 10.2. The van der Waals surface area contributed by atoms with Gasteiger partial charge >= 0.3 is 12.2 Å². The Morgan fingerprint density at radius 3 is 1.39 bits per heavy atom. The van der Waals surface area contributed by atoms with Crippen LogP contribution in [-0.2, 0) is 19.1 Å². The predicted molar refractivity (Wildman–Crippen MR) is 203 cm³/mol. The number of benzene rings is 2. The number of carbonyl (C=O) groups is 4. The van der Waals surface area contributed by atoms with Crippen LogP contribution >= 0.6 is 0 Å². The molecule has 2 saturated heterocycles. The maximum absolute atomic E-state index is 13.6. The van der Waals surface area contributed by atoms with Gasteiger partial charge in [-0.3, -0.25) is 9.59 Å². The number of aromatic nitrogens is 4. The highest BCUT2D eigenvalue weighted by molar-refractivity contribution is 5.87. The van der Waals surface area contributed by atoms with E-state index in [1.165, 1.54) is 0 Å². The summed E-state index contributed by atoms with van der Waals surface area (Å²) in [4.78, 5) is 71.0. The van der Waals surface area contributed by atoms with Crippen molar-refractivity contribution in [2.24, 2.45) is 11.8 Å². The summed E-state index contributed by atoms with van der Waals surface area (Å²) in [5.41, 5.74) is 5.32. The average Bonchev–Trinajstić information content (AvgIpc) is 4.01. The normalized spacial score (nSPS) is 20.3. The molecule has 4 heterocycles. The number of likely N-dealkylation sites (tertiary alicyclic amines) is 2. The maximum Gasteiger partial charge on any atom is 0.407 e. The lowest BCUT2D eigenvalue weighted by Gasteiger charge is -2.30. The van der Waals surface area contributed by atoms with E-state index in [4.69, 9.17) is 8.22 Å². The van der Waals surface area contributed by atoms with Crippen molar-refractivity contribution in [2.45, 2.75) is 77.5 Å². The summed E-state index contributed by atoms with van der Waals surface area (Å²) in [7, 11) is -5.85. The second kappa shape index (κ2) is 16.6. The lowest BCUT2D eigenvalue weighted by molar-refractivity contribution is -0.136. The minimum absolute atomic E-state index is 0.321. The molecule has 286 valence electrons. The van der Waals surface area contributed by atoms with Crippen LogP contribution in [0.3, 0.4) is 0 Å². The first kappa shape index (κ1) is 30.8. The van der Waals surface area contributed by atoms with Crippen molar-refractivity contribution < 1.29 is 36.9 Å². The molecule has 0 aliphatic carbocycles. The first-order chi connectivity index (χ1) is 28.3. The van der Waals surface area contributed by atoms with Crippen LogP contribution in [0.4, 0.5) is 9.59 Å². The summed E-state index contributed by atoms with van der Waals surface area (Å²) in [5, 5.41) is 4.86. The van der Waals surface area contributed by atoms with Gasteiger partial charge < -0.3 is 39.9 Å². The summed E-state index contributed by atoms with van der Waals surface area (Å²) in [6, 6.07) is 13.3. The van der Waals surface area contributed by atoms with Gasteiger partial charge in [0.15, 0.2) is 0 Å². The zero-order valence-electron chi connectivity index (χ0n) is 36.7.